The second-order valence-corrected chi connectivity index (χ2v) is 6.09. The summed E-state index contributed by atoms with van der Waals surface area (Å²) in [5.74, 6) is 0. The van der Waals surface area contributed by atoms with Crippen molar-refractivity contribution < 1.29 is 9.47 Å². The van der Waals surface area contributed by atoms with Gasteiger partial charge in [-0.25, -0.2) is 4.98 Å². The molecule has 2 saturated heterocycles. The summed E-state index contributed by atoms with van der Waals surface area (Å²) in [5, 5.41) is 1.22. The van der Waals surface area contributed by atoms with Gasteiger partial charge in [-0.1, -0.05) is 0 Å². The van der Waals surface area contributed by atoms with Crippen molar-refractivity contribution in [1.29, 1.82) is 0 Å². The molecule has 0 N–H and O–H groups in total. The first-order valence-corrected chi connectivity index (χ1v) is 8.28. The highest BCUT2D eigenvalue weighted by molar-refractivity contribution is 5.77. The monoisotopic (exact) mass is 301 g/mol. The van der Waals surface area contributed by atoms with Gasteiger partial charge >= 0.3 is 0 Å². The highest BCUT2D eigenvalue weighted by Crippen LogP contribution is 2.32. The number of rotatable bonds is 4. The summed E-state index contributed by atoms with van der Waals surface area (Å²) in [6.45, 7) is 6.65. The van der Waals surface area contributed by atoms with E-state index >= 15 is 0 Å². The molecular formula is C17H23N3O2. The molecule has 0 spiro atoms. The number of ether oxygens (including phenoxy) is 2. The van der Waals surface area contributed by atoms with Gasteiger partial charge in [0.05, 0.1) is 19.3 Å². The van der Waals surface area contributed by atoms with Crippen molar-refractivity contribution in [2.75, 3.05) is 39.5 Å². The Morgan fingerprint density at radius 3 is 2.91 bits per heavy atom. The molecule has 0 aliphatic carbocycles. The van der Waals surface area contributed by atoms with E-state index in [0.29, 0.717) is 0 Å². The Morgan fingerprint density at radius 2 is 2.09 bits per heavy atom. The summed E-state index contributed by atoms with van der Waals surface area (Å²) in [6, 6.07) is 6.41. The van der Waals surface area contributed by atoms with Crippen molar-refractivity contribution in [3.05, 3.63) is 30.1 Å². The Hall–Kier alpha value is -1.43. The van der Waals surface area contributed by atoms with Crippen LogP contribution in [0.5, 0.6) is 0 Å². The van der Waals surface area contributed by atoms with Crippen LogP contribution >= 0.6 is 0 Å². The molecule has 1 atom stereocenters. The molecule has 0 saturated carbocycles. The predicted octanol–water partition coefficient (Wildman–Crippen LogP) is 2.22. The maximum atomic E-state index is 5.92. The third-order valence-corrected chi connectivity index (χ3v) is 4.69. The maximum absolute atomic E-state index is 5.92. The molecule has 2 aromatic heterocycles. The Morgan fingerprint density at radius 1 is 1.18 bits per heavy atom. The third kappa shape index (κ3) is 2.76. The van der Waals surface area contributed by atoms with Crippen molar-refractivity contribution in [2.24, 2.45) is 0 Å². The van der Waals surface area contributed by atoms with Crippen LogP contribution in [0.3, 0.4) is 0 Å². The zero-order chi connectivity index (χ0) is 14.8. The van der Waals surface area contributed by atoms with Crippen LogP contribution < -0.4 is 0 Å². The summed E-state index contributed by atoms with van der Waals surface area (Å²) in [6.07, 6.45) is 4.39. The van der Waals surface area contributed by atoms with Gasteiger partial charge in [0, 0.05) is 50.1 Å². The van der Waals surface area contributed by atoms with Crippen LogP contribution in [0.25, 0.3) is 11.0 Å². The first kappa shape index (κ1) is 14.2. The molecule has 4 heterocycles. The molecule has 0 amide bonds. The number of pyridine rings is 1. The Kier molecular flexibility index (Phi) is 4.10. The highest BCUT2D eigenvalue weighted by Gasteiger charge is 2.23. The fraction of sp³-hybridized carbons (Fsp3) is 0.588. The number of nitrogens with zero attached hydrogens (tertiary/aromatic N) is 3. The van der Waals surface area contributed by atoms with Gasteiger partial charge in [0.15, 0.2) is 0 Å². The quantitative estimate of drug-likeness (QED) is 0.868. The van der Waals surface area contributed by atoms with Gasteiger partial charge in [-0.3, -0.25) is 4.90 Å². The van der Waals surface area contributed by atoms with E-state index in [1.165, 1.54) is 11.1 Å². The van der Waals surface area contributed by atoms with E-state index in [4.69, 9.17) is 9.47 Å². The first-order valence-electron chi connectivity index (χ1n) is 8.28. The Bertz CT molecular complexity index is 628. The van der Waals surface area contributed by atoms with Gasteiger partial charge in [0.25, 0.3) is 0 Å². The van der Waals surface area contributed by atoms with Crippen LogP contribution in [0.4, 0.5) is 0 Å². The molecule has 118 valence electrons. The highest BCUT2D eigenvalue weighted by atomic mass is 16.5. The van der Waals surface area contributed by atoms with Gasteiger partial charge in [0.2, 0.25) is 0 Å². The number of morpholine rings is 1. The lowest BCUT2D eigenvalue weighted by molar-refractivity contribution is 0.0359. The summed E-state index contributed by atoms with van der Waals surface area (Å²) in [5.41, 5.74) is 2.38. The second-order valence-electron chi connectivity index (χ2n) is 6.09. The van der Waals surface area contributed by atoms with Gasteiger partial charge in [0.1, 0.15) is 5.65 Å². The minimum atomic E-state index is 0.235. The van der Waals surface area contributed by atoms with E-state index in [2.05, 4.69) is 26.6 Å². The fourth-order valence-electron chi connectivity index (χ4n) is 3.49. The molecule has 2 aliphatic heterocycles. The molecule has 22 heavy (non-hydrogen) atoms. The van der Waals surface area contributed by atoms with E-state index in [9.17, 15) is 0 Å². The van der Waals surface area contributed by atoms with E-state index in [1.54, 1.807) is 0 Å². The SMILES string of the molecule is c1cnc2c(c1)cc([C@@H]1CCCO1)n2CCN1CCOCC1. The van der Waals surface area contributed by atoms with Crippen molar-refractivity contribution in [2.45, 2.75) is 25.5 Å². The van der Waals surface area contributed by atoms with Crippen LogP contribution in [0.15, 0.2) is 24.4 Å². The summed E-state index contributed by atoms with van der Waals surface area (Å²) in [7, 11) is 0. The summed E-state index contributed by atoms with van der Waals surface area (Å²) >= 11 is 0. The van der Waals surface area contributed by atoms with Crippen molar-refractivity contribution in [1.82, 2.24) is 14.5 Å². The average Bonchev–Trinajstić information content (AvgIpc) is 3.21. The molecule has 2 aromatic rings. The largest absolute Gasteiger partial charge is 0.379 e. The lowest BCUT2D eigenvalue weighted by Crippen LogP contribution is -2.38. The van der Waals surface area contributed by atoms with Crippen molar-refractivity contribution in [3.63, 3.8) is 0 Å². The van der Waals surface area contributed by atoms with Crippen molar-refractivity contribution >= 4 is 11.0 Å². The molecule has 5 heteroatoms. The van der Waals surface area contributed by atoms with Crippen LogP contribution in [-0.4, -0.2) is 53.9 Å². The standard InChI is InChI=1S/C17H23N3O2/c1-3-14-13-15(16-4-2-10-22-16)20(17(14)18-5-1)7-6-19-8-11-21-12-9-19/h1,3,5,13,16H,2,4,6-12H2/t16-/m0/s1. The zero-order valence-corrected chi connectivity index (χ0v) is 12.9. The number of aromatic nitrogens is 2. The van der Waals surface area contributed by atoms with E-state index in [-0.39, 0.29) is 6.10 Å². The molecule has 5 nitrogen and oxygen atoms in total. The van der Waals surface area contributed by atoms with Gasteiger partial charge in [-0.15, -0.1) is 0 Å². The normalized spacial score (nSPS) is 23.4. The Labute approximate surface area is 130 Å². The molecule has 0 unspecified atom stereocenters. The number of hydrogen-bond acceptors (Lipinski definition) is 4. The minimum Gasteiger partial charge on any atom is -0.379 e. The van der Waals surface area contributed by atoms with E-state index in [0.717, 1.165) is 64.5 Å². The topological polar surface area (TPSA) is 39.5 Å². The first-order chi connectivity index (χ1) is 10.9. The van der Waals surface area contributed by atoms with Crippen LogP contribution in [0.2, 0.25) is 0 Å². The molecule has 0 radical (unpaired) electrons. The Balaban J connectivity index is 1.60. The molecule has 2 fully saturated rings. The average molecular weight is 301 g/mol. The number of fused-ring (bicyclic) bond motifs is 1. The zero-order valence-electron chi connectivity index (χ0n) is 12.9. The second kappa shape index (κ2) is 6.36. The minimum absolute atomic E-state index is 0.235. The lowest BCUT2D eigenvalue weighted by atomic mass is 10.2. The van der Waals surface area contributed by atoms with Gasteiger partial charge in [-0.2, -0.15) is 0 Å². The summed E-state index contributed by atoms with van der Waals surface area (Å²) < 4.78 is 13.7. The fourth-order valence-corrected chi connectivity index (χ4v) is 3.49. The maximum Gasteiger partial charge on any atom is 0.140 e. The van der Waals surface area contributed by atoms with E-state index < -0.39 is 0 Å². The van der Waals surface area contributed by atoms with Crippen molar-refractivity contribution in [3.8, 4) is 0 Å². The lowest BCUT2D eigenvalue weighted by Gasteiger charge is -2.27. The van der Waals surface area contributed by atoms with Crippen LogP contribution in [0, 0.1) is 0 Å². The van der Waals surface area contributed by atoms with Crippen LogP contribution in [-0.2, 0) is 16.0 Å². The predicted molar refractivity (Wildman–Crippen MR) is 84.9 cm³/mol. The molecule has 4 rings (SSSR count). The molecule has 0 aromatic carbocycles. The summed E-state index contributed by atoms with van der Waals surface area (Å²) in [4.78, 5) is 7.07. The smallest absolute Gasteiger partial charge is 0.140 e. The number of hydrogen-bond donors (Lipinski definition) is 0. The molecule has 2 aliphatic rings. The van der Waals surface area contributed by atoms with E-state index in [1.807, 2.05) is 12.3 Å². The third-order valence-electron chi connectivity index (χ3n) is 4.69. The van der Waals surface area contributed by atoms with Crippen LogP contribution in [0.1, 0.15) is 24.6 Å². The van der Waals surface area contributed by atoms with Gasteiger partial charge < -0.3 is 14.0 Å². The molecule has 0 bridgehead atoms. The molecular weight excluding hydrogens is 278 g/mol. The van der Waals surface area contributed by atoms with Gasteiger partial charge in [-0.05, 0) is 31.0 Å².